The summed E-state index contributed by atoms with van der Waals surface area (Å²) in [5, 5.41) is 10.8. The number of amides is 1. The smallest absolute Gasteiger partial charge is 0.255 e. The number of fused-ring (bicyclic) bond motifs is 2. The van der Waals surface area contributed by atoms with E-state index in [0.29, 0.717) is 29.7 Å². The number of nitrogens with two attached hydrogens (primary N) is 1. The van der Waals surface area contributed by atoms with Gasteiger partial charge in [-0.15, -0.1) is 0 Å². The zero-order valence-electron chi connectivity index (χ0n) is 14.9. The zero-order chi connectivity index (χ0) is 19.1. The van der Waals surface area contributed by atoms with E-state index in [1.54, 1.807) is 0 Å². The number of rotatable bonds is 1. The Morgan fingerprint density at radius 1 is 1.30 bits per heavy atom. The molecule has 0 radical (unpaired) electrons. The van der Waals surface area contributed by atoms with Crippen LogP contribution in [0.4, 0.5) is 0 Å². The normalized spacial score (nSPS) is 31.3. The van der Waals surface area contributed by atoms with Gasteiger partial charge in [0.1, 0.15) is 29.1 Å². The highest BCUT2D eigenvalue weighted by molar-refractivity contribution is 6.20. The Morgan fingerprint density at radius 2 is 2.07 bits per heavy atom. The summed E-state index contributed by atoms with van der Waals surface area (Å²) in [5.41, 5.74) is 7.25. The Labute approximate surface area is 155 Å². The summed E-state index contributed by atoms with van der Waals surface area (Å²) in [4.78, 5) is 37.5. The molecule has 3 N–H and O–H groups in total. The molecule has 1 amide bonds. The molecular formula is C21H19NO5. The molecule has 5 rings (SSSR count). The van der Waals surface area contributed by atoms with Crippen molar-refractivity contribution in [3.8, 4) is 0 Å². The second-order valence-corrected chi connectivity index (χ2v) is 7.99. The topological polar surface area (TPSA) is 107 Å². The third-order valence-corrected chi connectivity index (χ3v) is 6.68. The summed E-state index contributed by atoms with van der Waals surface area (Å²) in [6, 6.07) is 5.83. The minimum absolute atomic E-state index is 0.0454. The van der Waals surface area contributed by atoms with Crippen LogP contribution in [0.1, 0.15) is 34.3 Å². The lowest BCUT2D eigenvalue weighted by Crippen LogP contribution is -2.57. The highest BCUT2D eigenvalue weighted by Gasteiger charge is 2.64. The van der Waals surface area contributed by atoms with Gasteiger partial charge < -0.3 is 15.6 Å². The number of aliphatic hydroxyl groups is 1. The van der Waals surface area contributed by atoms with E-state index < -0.39 is 17.1 Å². The third kappa shape index (κ3) is 1.83. The number of carbonyl (C=O) groups is 3. The first-order valence-corrected chi connectivity index (χ1v) is 9.13. The fourth-order valence-electron chi connectivity index (χ4n) is 5.43. The number of allylic oxidation sites excluding steroid dienone is 1. The maximum Gasteiger partial charge on any atom is 0.255 e. The molecule has 138 valence electrons. The molecule has 0 saturated carbocycles. The molecule has 1 unspecified atom stereocenters. The summed E-state index contributed by atoms with van der Waals surface area (Å²) >= 11 is 0. The Bertz CT molecular complexity index is 1020. The number of hydrogen-bond donors (Lipinski definition) is 2. The van der Waals surface area contributed by atoms with Gasteiger partial charge in [-0.3, -0.25) is 14.4 Å². The quantitative estimate of drug-likeness (QED) is 0.740. The second-order valence-electron chi connectivity index (χ2n) is 7.99. The summed E-state index contributed by atoms with van der Waals surface area (Å²) in [6.45, 7) is 2.07. The van der Waals surface area contributed by atoms with Gasteiger partial charge in [0.15, 0.2) is 11.6 Å². The predicted octanol–water partition coefficient (Wildman–Crippen LogP) is 1.91. The zero-order valence-corrected chi connectivity index (χ0v) is 14.9. The van der Waals surface area contributed by atoms with Crippen molar-refractivity contribution in [2.45, 2.75) is 26.2 Å². The van der Waals surface area contributed by atoms with E-state index in [2.05, 4.69) is 0 Å². The Balaban J connectivity index is 1.74. The van der Waals surface area contributed by atoms with Gasteiger partial charge in [-0.05, 0) is 42.7 Å². The van der Waals surface area contributed by atoms with Crippen molar-refractivity contribution in [3.05, 3.63) is 57.6 Å². The number of benzene rings is 1. The lowest BCUT2D eigenvalue weighted by Gasteiger charge is -2.56. The van der Waals surface area contributed by atoms with Crippen LogP contribution in [0.25, 0.3) is 0 Å². The first-order chi connectivity index (χ1) is 12.9. The van der Waals surface area contributed by atoms with E-state index in [4.69, 9.17) is 10.5 Å². The Kier molecular flexibility index (Phi) is 3.07. The van der Waals surface area contributed by atoms with Crippen molar-refractivity contribution in [1.29, 1.82) is 0 Å². The minimum atomic E-state index is -0.958. The largest absolute Gasteiger partial charge is 0.510 e. The summed E-state index contributed by atoms with van der Waals surface area (Å²) < 4.78 is 5.72. The van der Waals surface area contributed by atoms with E-state index in [9.17, 15) is 19.5 Å². The van der Waals surface area contributed by atoms with Gasteiger partial charge in [0, 0.05) is 17.6 Å². The van der Waals surface area contributed by atoms with Crippen LogP contribution < -0.4 is 5.73 Å². The van der Waals surface area contributed by atoms with Gasteiger partial charge in [0.05, 0.1) is 0 Å². The monoisotopic (exact) mass is 365 g/mol. The molecule has 1 aliphatic heterocycles. The number of carbonyl (C=O) groups excluding carboxylic acids is 3. The van der Waals surface area contributed by atoms with Crippen LogP contribution in [-0.2, 0) is 20.7 Å². The van der Waals surface area contributed by atoms with Crippen LogP contribution in [-0.4, -0.2) is 29.2 Å². The van der Waals surface area contributed by atoms with E-state index in [1.807, 2.05) is 25.1 Å². The van der Waals surface area contributed by atoms with Gasteiger partial charge in [0.25, 0.3) is 5.91 Å². The maximum absolute atomic E-state index is 13.3. The number of aryl methyl sites for hydroxylation is 1. The number of Topliss-reactive ketones (excluding diaryl/α,β-unsaturated/α-hetero) is 2. The van der Waals surface area contributed by atoms with Crippen LogP contribution in [0, 0.1) is 24.2 Å². The van der Waals surface area contributed by atoms with Gasteiger partial charge in [-0.2, -0.15) is 0 Å². The van der Waals surface area contributed by atoms with Crippen molar-refractivity contribution in [1.82, 2.24) is 0 Å². The molecule has 3 aliphatic carbocycles. The van der Waals surface area contributed by atoms with Gasteiger partial charge in [-0.1, -0.05) is 18.2 Å². The summed E-state index contributed by atoms with van der Waals surface area (Å²) in [7, 11) is 0. The average Bonchev–Trinajstić information content (AvgIpc) is 2.55. The van der Waals surface area contributed by atoms with Crippen molar-refractivity contribution < 1.29 is 24.2 Å². The molecule has 27 heavy (non-hydrogen) atoms. The van der Waals surface area contributed by atoms with Gasteiger partial charge >= 0.3 is 0 Å². The van der Waals surface area contributed by atoms with E-state index in [1.165, 1.54) is 0 Å². The molecule has 6 heteroatoms. The summed E-state index contributed by atoms with van der Waals surface area (Å²) in [6.07, 6.45) is 1.44. The standard InChI is InChI=1S/C21H19NO5/c1-9-3-2-4-10-5-11-6-12-7-13(23)16(20(22)26)18(25)21(12)8-27-19(21)15(11)17(24)14(9)10/h2-4,11-12,25H,5-8H2,1H3,(H2,22,26)/t11-,12-,21?/m0/s1. The molecule has 4 aliphatic rings. The van der Waals surface area contributed by atoms with Gasteiger partial charge in [-0.25, -0.2) is 0 Å². The molecule has 6 nitrogen and oxygen atoms in total. The van der Waals surface area contributed by atoms with Crippen molar-refractivity contribution in [2.75, 3.05) is 6.61 Å². The first kappa shape index (κ1) is 16.3. The minimum Gasteiger partial charge on any atom is -0.510 e. The number of primary amides is 1. The lowest BCUT2D eigenvalue weighted by molar-refractivity contribution is -0.133. The molecule has 0 aromatic heterocycles. The number of ether oxygens (including phenoxy) is 1. The molecule has 1 aromatic carbocycles. The third-order valence-electron chi connectivity index (χ3n) is 6.68. The number of ketones is 2. The van der Waals surface area contributed by atoms with E-state index >= 15 is 0 Å². The highest BCUT2D eigenvalue weighted by atomic mass is 16.5. The average molecular weight is 365 g/mol. The lowest BCUT2D eigenvalue weighted by atomic mass is 9.54. The van der Waals surface area contributed by atoms with Crippen LogP contribution in [0.5, 0.6) is 0 Å². The fourth-order valence-corrected chi connectivity index (χ4v) is 5.43. The van der Waals surface area contributed by atoms with Crippen LogP contribution in [0.2, 0.25) is 0 Å². The maximum atomic E-state index is 13.3. The summed E-state index contributed by atoms with van der Waals surface area (Å²) in [5.74, 6) is -1.54. The number of aliphatic hydroxyl groups excluding tert-OH is 1. The van der Waals surface area contributed by atoms with Crippen molar-refractivity contribution >= 4 is 17.5 Å². The number of hydrogen-bond acceptors (Lipinski definition) is 5. The molecule has 1 heterocycles. The van der Waals surface area contributed by atoms with Crippen LogP contribution in [0.15, 0.2) is 40.9 Å². The van der Waals surface area contributed by atoms with Gasteiger partial charge in [0.2, 0.25) is 0 Å². The molecule has 1 fully saturated rings. The highest BCUT2D eigenvalue weighted by Crippen LogP contribution is 2.62. The van der Waals surface area contributed by atoms with Crippen molar-refractivity contribution in [2.24, 2.45) is 23.0 Å². The molecule has 1 saturated heterocycles. The SMILES string of the molecule is Cc1cccc2c1C(=O)C1=C3OCC34C(O)=C(C(N)=O)C(=O)C[C@@H]4C[C@@H]1C2. The molecule has 0 bridgehead atoms. The molecule has 1 spiro atoms. The Morgan fingerprint density at radius 3 is 2.74 bits per heavy atom. The second kappa shape index (κ2) is 5.09. The van der Waals surface area contributed by atoms with E-state index in [-0.39, 0.29) is 42.0 Å². The Hall–Kier alpha value is -2.89. The fraction of sp³-hybridized carbons (Fsp3) is 0.381. The van der Waals surface area contributed by atoms with Crippen LogP contribution in [0.3, 0.4) is 0 Å². The molecule has 3 atom stereocenters. The molecule has 1 aromatic rings. The predicted molar refractivity (Wildman–Crippen MR) is 94.7 cm³/mol. The first-order valence-electron chi connectivity index (χ1n) is 9.13. The van der Waals surface area contributed by atoms with E-state index in [0.717, 1.165) is 11.1 Å². The molecular weight excluding hydrogens is 346 g/mol. The van der Waals surface area contributed by atoms with Crippen LogP contribution >= 0.6 is 0 Å². The van der Waals surface area contributed by atoms with Crippen molar-refractivity contribution in [3.63, 3.8) is 0 Å².